The Morgan fingerprint density at radius 3 is 2.75 bits per heavy atom. The molecule has 88 valence electrons. The summed E-state index contributed by atoms with van der Waals surface area (Å²) in [5, 5.41) is 0. The second-order valence-electron chi connectivity index (χ2n) is 5.44. The average Bonchev–Trinajstić information content (AvgIpc) is 2.71. The van der Waals surface area contributed by atoms with Gasteiger partial charge < -0.3 is 10.6 Å². The van der Waals surface area contributed by atoms with Gasteiger partial charge in [0.1, 0.15) is 0 Å². The lowest BCUT2D eigenvalue weighted by Crippen LogP contribution is -2.46. The highest BCUT2D eigenvalue weighted by Crippen LogP contribution is 2.34. The molecule has 0 aliphatic carbocycles. The average molecular weight is 218 g/mol. The second-order valence-corrected chi connectivity index (χ2v) is 5.44. The summed E-state index contributed by atoms with van der Waals surface area (Å²) in [6.45, 7) is 8.64. The Hall–Kier alpha value is -1.02. The predicted octanol–water partition coefficient (Wildman–Crippen LogP) is 2.42. The van der Waals surface area contributed by atoms with Crippen LogP contribution < -0.4 is 10.6 Å². The van der Waals surface area contributed by atoms with Gasteiger partial charge in [0.15, 0.2) is 0 Å². The number of hydrogen-bond donors (Lipinski definition) is 1. The highest BCUT2D eigenvalue weighted by molar-refractivity contribution is 5.58. The molecule has 16 heavy (non-hydrogen) atoms. The first-order valence-corrected chi connectivity index (χ1v) is 6.11. The van der Waals surface area contributed by atoms with Crippen LogP contribution in [0.25, 0.3) is 0 Å². The summed E-state index contributed by atoms with van der Waals surface area (Å²) in [4.78, 5) is 2.50. The van der Waals surface area contributed by atoms with Crippen molar-refractivity contribution in [2.75, 3.05) is 18.0 Å². The van der Waals surface area contributed by atoms with Crippen molar-refractivity contribution in [3.05, 3.63) is 29.8 Å². The highest BCUT2D eigenvalue weighted by Gasteiger charge is 2.32. The van der Waals surface area contributed by atoms with E-state index in [0.717, 1.165) is 13.1 Å². The van der Waals surface area contributed by atoms with Crippen molar-refractivity contribution in [3.63, 3.8) is 0 Å². The molecule has 2 N–H and O–H groups in total. The molecule has 0 saturated carbocycles. The van der Waals surface area contributed by atoms with Crippen molar-refractivity contribution in [1.82, 2.24) is 0 Å². The number of nitrogens with two attached hydrogens (primary N) is 1. The fourth-order valence-electron chi connectivity index (χ4n) is 2.36. The Balaban J connectivity index is 2.25. The third-order valence-corrected chi connectivity index (χ3v) is 4.05. The van der Waals surface area contributed by atoms with E-state index in [0.29, 0.717) is 6.04 Å². The summed E-state index contributed by atoms with van der Waals surface area (Å²) in [5.41, 5.74) is 8.91. The van der Waals surface area contributed by atoms with Crippen LogP contribution in [-0.2, 0) is 6.42 Å². The lowest BCUT2D eigenvalue weighted by molar-refractivity contribution is 0.300. The minimum Gasteiger partial charge on any atom is -0.368 e. The van der Waals surface area contributed by atoms with E-state index in [1.165, 1.54) is 17.7 Å². The monoisotopic (exact) mass is 218 g/mol. The molecule has 1 aromatic rings. The molecule has 1 aliphatic heterocycles. The minimum atomic E-state index is 0.164. The van der Waals surface area contributed by atoms with E-state index in [-0.39, 0.29) is 5.41 Å². The first kappa shape index (κ1) is 11.5. The summed E-state index contributed by atoms with van der Waals surface area (Å²) in [5.74, 6) is 0. The molecule has 1 atom stereocenters. The SMILES string of the molecule is CC(N1CCc2ccccc21)C(C)(C)CN. The maximum absolute atomic E-state index is 5.87. The normalized spacial score (nSPS) is 17.4. The van der Waals surface area contributed by atoms with E-state index in [9.17, 15) is 0 Å². The van der Waals surface area contributed by atoms with Gasteiger partial charge in [0.2, 0.25) is 0 Å². The Bertz CT molecular complexity index is 371. The molecule has 0 bridgehead atoms. The lowest BCUT2D eigenvalue weighted by Gasteiger charge is -2.39. The standard InChI is InChI=1S/C14H22N2/c1-11(14(2,3)10-15)16-9-8-12-6-4-5-7-13(12)16/h4-7,11H,8-10,15H2,1-3H3. The van der Waals surface area contributed by atoms with E-state index in [1.807, 2.05) is 0 Å². The van der Waals surface area contributed by atoms with Gasteiger partial charge in [-0.15, -0.1) is 0 Å². The fraction of sp³-hybridized carbons (Fsp3) is 0.571. The Morgan fingerprint density at radius 1 is 1.38 bits per heavy atom. The van der Waals surface area contributed by atoms with E-state index < -0.39 is 0 Å². The lowest BCUT2D eigenvalue weighted by atomic mass is 9.84. The van der Waals surface area contributed by atoms with Gasteiger partial charge in [0.25, 0.3) is 0 Å². The second kappa shape index (κ2) is 4.10. The van der Waals surface area contributed by atoms with Gasteiger partial charge in [-0.2, -0.15) is 0 Å². The van der Waals surface area contributed by atoms with Gasteiger partial charge in [0.05, 0.1) is 0 Å². The van der Waals surface area contributed by atoms with Crippen molar-refractivity contribution < 1.29 is 0 Å². The molecule has 0 radical (unpaired) electrons. The fourth-order valence-corrected chi connectivity index (χ4v) is 2.36. The molecular formula is C14H22N2. The van der Waals surface area contributed by atoms with Crippen molar-refractivity contribution in [1.29, 1.82) is 0 Å². The molecular weight excluding hydrogens is 196 g/mol. The zero-order chi connectivity index (χ0) is 11.8. The van der Waals surface area contributed by atoms with E-state index in [1.54, 1.807) is 0 Å². The van der Waals surface area contributed by atoms with Gasteiger partial charge >= 0.3 is 0 Å². The van der Waals surface area contributed by atoms with Crippen LogP contribution in [0.2, 0.25) is 0 Å². The smallest absolute Gasteiger partial charge is 0.0402 e. The zero-order valence-electron chi connectivity index (χ0n) is 10.5. The van der Waals surface area contributed by atoms with E-state index >= 15 is 0 Å². The molecule has 0 aromatic heterocycles. The van der Waals surface area contributed by atoms with Gasteiger partial charge in [-0.25, -0.2) is 0 Å². The number of rotatable bonds is 3. The van der Waals surface area contributed by atoms with Crippen molar-refractivity contribution in [2.24, 2.45) is 11.1 Å². The maximum atomic E-state index is 5.87. The van der Waals surface area contributed by atoms with E-state index in [2.05, 4.69) is 49.9 Å². The zero-order valence-corrected chi connectivity index (χ0v) is 10.5. The van der Waals surface area contributed by atoms with Crippen LogP contribution >= 0.6 is 0 Å². The molecule has 2 nitrogen and oxygen atoms in total. The predicted molar refractivity (Wildman–Crippen MR) is 69.8 cm³/mol. The van der Waals surface area contributed by atoms with Crippen molar-refractivity contribution in [2.45, 2.75) is 33.2 Å². The van der Waals surface area contributed by atoms with Crippen LogP contribution in [0.1, 0.15) is 26.3 Å². The van der Waals surface area contributed by atoms with Crippen molar-refractivity contribution in [3.8, 4) is 0 Å². The van der Waals surface area contributed by atoms with Crippen LogP contribution in [0.15, 0.2) is 24.3 Å². The molecule has 0 saturated heterocycles. The number of para-hydroxylation sites is 1. The molecule has 2 rings (SSSR count). The summed E-state index contributed by atoms with van der Waals surface area (Å²) in [6, 6.07) is 9.20. The van der Waals surface area contributed by atoms with Crippen molar-refractivity contribution >= 4 is 5.69 Å². The number of benzene rings is 1. The highest BCUT2D eigenvalue weighted by atomic mass is 15.2. The summed E-state index contributed by atoms with van der Waals surface area (Å²) in [7, 11) is 0. The number of anilines is 1. The molecule has 1 aliphatic rings. The van der Waals surface area contributed by atoms with Crippen LogP contribution in [0.3, 0.4) is 0 Å². The van der Waals surface area contributed by atoms with Gasteiger partial charge in [-0.3, -0.25) is 0 Å². The summed E-state index contributed by atoms with van der Waals surface area (Å²) < 4.78 is 0. The first-order chi connectivity index (χ1) is 7.56. The molecule has 1 unspecified atom stereocenters. The Kier molecular flexibility index (Phi) is 2.94. The van der Waals surface area contributed by atoms with Gasteiger partial charge in [-0.1, -0.05) is 32.0 Å². The third-order valence-electron chi connectivity index (χ3n) is 4.05. The maximum Gasteiger partial charge on any atom is 0.0402 e. The molecule has 0 fully saturated rings. The minimum absolute atomic E-state index is 0.164. The quantitative estimate of drug-likeness (QED) is 0.844. The number of hydrogen-bond acceptors (Lipinski definition) is 2. The van der Waals surface area contributed by atoms with Gasteiger partial charge in [-0.05, 0) is 36.9 Å². The number of fused-ring (bicyclic) bond motifs is 1. The van der Waals surface area contributed by atoms with Crippen LogP contribution in [0, 0.1) is 5.41 Å². The topological polar surface area (TPSA) is 29.3 Å². The third kappa shape index (κ3) is 1.82. The van der Waals surface area contributed by atoms with E-state index in [4.69, 9.17) is 5.73 Å². The Labute approximate surface area is 98.4 Å². The molecule has 1 aromatic carbocycles. The number of nitrogens with zero attached hydrogens (tertiary/aromatic N) is 1. The van der Waals surface area contributed by atoms with Crippen LogP contribution in [0.5, 0.6) is 0 Å². The van der Waals surface area contributed by atoms with Gasteiger partial charge in [0, 0.05) is 18.3 Å². The summed E-state index contributed by atoms with van der Waals surface area (Å²) in [6.07, 6.45) is 1.17. The summed E-state index contributed by atoms with van der Waals surface area (Å²) >= 11 is 0. The molecule has 0 spiro atoms. The molecule has 2 heteroatoms. The van der Waals surface area contributed by atoms with Crippen LogP contribution in [0.4, 0.5) is 5.69 Å². The first-order valence-electron chi connectivity index (χ1n) is 6.11. The Morgan fingerprint density at radius 2 is 2.06 bits per heavy atom. The molecule has 0 amide bonds. The largest absolute Gasteiger partial charge is 0.368 e. The van der Waals surface area contributed by atoms with Crippen LogP contribution in [-0.4, -0.2) is 19.1 Å². The molecule has 1 heterocycles.